The minimum Gasteiger partial charge on any atom is -0.480 e. The number of carbonyl (C=O) groups excluding carboxylic acids is 2. The number of hydrogen-bond donors (Lipinski definition) is 4. The summed E-state index contributed by atoms with van der Waals surface area (Å²) in [7, 11) is 0. The molecule has 0 aromatic rings. The lowest BCUT2D eigenvalue weighted by Gasteiger charge is -2.22. The molecule has 0 rings (SSSR count). The summed E-state index contributed by atoms with van der Waals surface area (Å²) >= 11 is 0. The molecule has 0 saturated heterocycles. The van der Waals surface area contributed by atoms with E-state index in [1.165, 1.54) is 0 Å². The zero-order chi connectivity index (χ0) is 14.5. The number of carbonyl (C=O) groups is 3. The largest absolute Gasteiger partial charge is 0.480 e. The molecule has 2 atom stereocenters. The number of carboxylic acid groups (broad SMARTS) is 1. The predicted octanol–water partition coefficient (Wildman–Crippen LogP) is -0.0953. The van der Waals surface area contributed by atoms with Gasteiger partial charge in [-0.15, -0.1) is 0 Å². The molecular weight excluding hydrogens is 238 g/mol. The van der Waals surface area contributed by atoms with Crippen LogP contribution in [0.1, 0.15) is 27.7 Å². The molecule has 0 aliphatic carbocycles. The third-order valence-corrected chi connectivity index (χ3v) is 2.48. The highest BCUT2D eigenvalue weighted by Crippen LogP contribution is 2.03. The van der Waals surface area contributed by atoms with Gasteiger partial charge >= 0.3 is 12.0 Å². The van der Waals surface area contributed by atoms with Crippen molar-refractivity contribution >= 4 is 17.9 Å². The fourth-order valence-corrected chi connectivity index (χ4v) is 1.40. The monoisotopic (exact) mass is 259 g/mol. The highest BCUT2D eigenvalue weighted by molar-refractivity contribution is 5.88. The number of amides is 3. The molecule has 0 aliphatic rings. The molecule has 0 heterocycles. The second-order valence-corrected chi connectivity index (χ2v) is 4.80. The fourth-order valence-electron chi connectivity index (χ4n) is 1.40. The molecule has 0 radical (unpaired) electrons. The first-order valence-corrected chi connectivity index (χ1v) is 5.76. The van der Waals surface area contributed by atoms with Crippen molar-refractivity contribution in [1.29, 1.82) is 0 Å². The smallest absolute Gasteiger partial charge is 0.326 e. The first-order chi connectivity index (χ1) is 8.16. The summed E-state index contributed by atoms with van der Waals surface area (Å²) in [5.41, 5.74) is 5.14. The third kappa shape index (κ3) is 5.03. The molecule has 0 spiro atoms. The van der Waals surface area contributed by atoms with Gasteiger partial charge in [0.25, 0.3) is 0 Å². The van der Waals surface area contributed by atoms with E-state index in [0.29, 0.717) is 0 Å². The number of primary amides is 1. The van der Waals surface area contributed by atoms with Crippen LogP contribution in [-0.4, -0.2) is 35.1 Å². The Morgan fingerprint density at radius 3 is 1.61 bits per heavy atom. The second kappa shape index (κ2) is 6.83. The van der Waals surface area contributed by atoms with Crippen molar-refractivity contribution in [2.45, 2.75) is 39.8 Å². The van der Waals surface area contributed by atoms with Gasteiger partial charge in [0.1, 0.15) is 12.1 Å². The van der Waals surface area contributed by atoms with Gasteiger partial charge in [0, 0.05) is 0 Å². The summed E-state index contributed by atoms with van der Waals surface area (Å²) in [4.78, 5) is 33.6. The lowest BCUT2D eigenvalue weighted by molar-refractivity contribution is -0.140. The Kier molecular flexibility index (Phi) is 6.15. The Bertz CT molecular complexity index is 298. The molecule has 7 heteroatoms. The Balaban J connectivity index is 4.57. The van der Waals surface area contributed by atoms with Crippen molar-refractivity contribution in [1.82, 2.24) is 10.6 Å². The quantitative estimate of drug-likeness (QED) is 0.532. The number of aliphatic carboxylic acids is 1. The van der Waals surface area contributed by atoms with Gasteiger partial charge < -0.3 is 21.5 Å². The minimum atomic E-state index is -1.12. The van der Waals surface area contributed by atoms with Crippen LogP contribution in [0.3, 0.4) is 0 Å². The standard InChI is InChI=1S/C11H21N3O4/c1-5(2)7(9(12)15)13-11(18)14-8(6(3)4)10(16)17/h5-8H,1-4H3,(H2,12,15)(H,16,17)(H2,13,14,18). The summed E-state index contributed by atoms with van der Waals surface area (Å²) < 4.78 is 0. The van der Waals surface area contributed by atoms with Crippen molar-refractivity contribution in [2.75, 3.05) is 0 Å². The summed E-state index contributed by atoms with van der Waals surface area (Å²) in [6.45, 7) is 6.81. The van der Waals surface area contributed by atoms with Gasteiger partial charge in [-0.25, -0.2) is 9.59 Å². The summed E-state index contributed by atoms with van der Waals surface area (Å²) in [6.07, 6.45) is 0. The van der Waals surface area contributed by atoms with E-state index in [4.69, 9.17) is 10.8 Å². The zero-order valence-electron chi connectivity index (χ0n) is 11.1. The van der Waals surface area contributed by atoms with Crippen LogP contribution in [-0.2, 0) is 9.59 Å². The van der Waals surface area contributed by atoms with E-state index in [2.05, 4.69) is 10.6 Å². The third-order valence-electron chi connectivity index (χ3n) is 2.48. The maximum absolute atomic E-state index is 11.6. The van der Waals surface area contributed by atoms with E-state index in [1.807, 2.05) is 0 Å². The van der Waals surface area contributed by atoms with E-state index >= 15 is 0 Å². The summed E-state index contributed by atoms with van der Waals surface area (Å²) in [5, 5.41) is 13.6. The molecule has 3 amide bonds. The molecule has 0 aromatic carbocycles. The van der Waals surface area contributed by atoms with Crippen LogP contribution in [0.15, 0.2) is 0 Å². The van der Waals surface area contributed by atoms with E-state index in [1.54, 1.807) is 27.7 Å². The minimum absolute atomic E-state index is 0.171. The molecule has 7 nitrogen and oxygen atoms in total. The average Bonchev–Trinajstić information content (AvgIpc) is 2.20. The number of hydrogen-bond acceptors (Lipinski definition) is 3. The molecule has 104 valence electrons. The highest BCUT2D eigenvalue weighted by Gasteiger charge is 2.26. The van der Waals surface area contributed by atoms with E-state index in [9.17, 15) is 14.4 Å². The normalized spacial score (nSPS) is 14.1. The second-order valence-electron chi connectivity index (χ2n) is 4.80. The van der Waals surface area contributed by atoms with Crippen LogP contribution < -0.4 is 16.4 Å². The molecule has 5 N–H and O–H groups in total. The number of nitrogens with two attached hydrogens (primary N) is 1. The molecule has 2 unspecified atom stereocenters. The predicted molar refractivity (Wildman–Crippen MR) is 65.7 cm³/mol. The first kappa shape index (κ1) is 16.2. The van der Waals surface area contributed by atoms with Gasteiger partial charge in [0.2, 0.25) is 5.91 Å². The highest BCUT2D eigenvalue weighted by atomic mass is 16.4. The van der Waals surface area contributed by atoms with Crippen molar-refractivity contribution in [3.8, 4) is 0 Å². The van der Waals surface area contributed by atoms with Crippen LogP contribution in [0.25, 0.3) is 0 Å². The van der Waals surface area contributed by atoms with Crippen molar-refractivity contribution in [3.63, 3.8) is 0 Å². The van der Waals surface area contributed by atoms with Crippen LogP contribution in [0.2, 0.25) is 0 Å². The molecule has 0 aromatic heterocycles. The molecule has 0 bridgehead atoms. The maximum atomic E-state index is 11.6. The number of nitrogens with one attached hydrogen (secondary N) is 2. The Morgan fingerprint density at radius 2 is 1.33 bits per heavy atom. The van der Waals surface area contributed by atoms with E-state index < -0.39 is 30.0 Å². The summed E-state index contributed by atoms with van der Waals surface area (Å²) in [5.74, 6) is -2.22. The van der Waals surface area contributed by atoms with Crippen LogP contribution >= 0.6 is 0 Å². The van der Waals surface area contributed by atoms with Crippen molar-refractivity contribution in [2.24, 2.45) is 17.6 Å². The molecular formula is C11H21N3O4. The Hall–Kier alpha value is -1.79. The number of rotatable bonds is 6. The number of urea groups is 1. The lowest BCUT2D eigenvalue weighted by atomic mass is 10.0. The Morgan fingerprint density at radius 1 is 0.944 bits per heavy atom. The molecule has 18 heavy (non-hydrogen) atoms. The van der Waals surface area contributed by atoms with E-state index in [0.717, 1.165) is 0 Å². The fraction of sp³-hybridized carbons (Fsp3) is 0.727. The Labute approximate surface area is 106 Å². The SMILES string of the molecule is CC(C)C(NC(=O)NC(C(=O)O)C(C)C)C(N)=O. The molecule has 0 saturated carbocycles. The van der Waals surface area contributed by atoms with E-state index in [-0.39, 0.29) is 11.8 Å². The van der Waals surface area contributed by atoms with Crippen LogP contribution in [0, 0.1) is 11.8 Å². The lowest BCUT2D eigenvalue weighted by Crippen LogP contribution is -2.55. The van der Waals surface area contributed by atoms with Crippen LogP contribution in [0.4, 0.5) is 4.79 Å². The topological polar surface area (TPSA) is 122 Å². The van der Waals surface area contributed by atoms with Crippen LogP contribution in [0.5, 0.6) is 0 Å². The van der Waals surface area contributed by atoms with Gasteiger partial charge in [-0.05, 0) is 11.8 Å². The average molecular weight is 259 g/mol. The van der Waals surface area contributed by atoms with Gasteiger partial charge in [-0.3, -0.25) is 4.79 Å². The maximum Gasteiger partial charge on any atom is 0.326 e. The van der Waals surface area contributed by atoms with Gasteiger partial charge in [-0.1, -0.05) is 27.7 Å². The van der Waals surface area contributed by atoms with Crippen molar-refractivity contribution < 1.29 is 19.5 Å². The molecule has 0 aliphatic heterocycles. The first-order valence-electron chi connectivity index (χ1n) is 5.76. The van der Waals surface area contributed by atoms with Gasteiger partial charge in [0.15, 0.2) is 0 Å². The van der Waals surface area contributed by atoms with Gasteiger partial charge in [0.05, 0.1) is 0 Å². The molecule has 0 fully saturated rings. The van der Waals surface area contributed by atoms with Crippen molar-refractivity contribution in [3.05, 3.63) is 0 Å². The number of carboxylic acids is 1. The van der Waals surface area contributed by atoms with Gasteiger partial charge in [-0.2, -0.15) is 0 Å². The zero-order valence-corrected chi connectivity index (χ0v) is 11.1. The summed E-state index contributed by atoms with van der Waals surface area (Å²) in [6, 6.07) is -2.55.